The van der Waals surface area contributed by atoms with Crippen LogP contribution in [0, 0.1) is 29.0 Å². The van der Waals surface area contributed by atoms with E-state index in [-0.39, 0.29) is 17.1 Å². The fourth-order valence-corrected chi connectivity index (χ4v) is 8.01. The maximum absolute atomic E-state index is 13.0. The van der Waals surface area contributed by atoms with Gasteiger partial charge in [-0.1, -0.05) is 12.1 Å². The molecule has 0 unspecified atom stereocenters. The molecule has 0 radical (unpaired) electrons. The topological polar surface area (TPSA) is 42.0 Å². The van der Waals surface area contributed by atoms with E-state index in [4.69, 9.17) is 0 Å². The third kappa shape index (κ3) is 4.53. The summed E-state index contributed by atoms with van der Waals surface area (Å²) in [6.07, 6.45) is 8.68. The average Bonchev–Trinajstić information content (AvgIpc) is 3.08. The van der Waals surface area contributed by atoms with Gasteiger partial charge in [0.25, 0.3) is 0 Å². The molecule has 4 fully saturated rings. The number of nitrogens with zero attached hydrogens (tertiary/aromatic N) is 1. The van der Waals surface area contributed by atoms with Crippen LogP contribution in [-0.4, -0.2) is 10.9 Å². The minimum Gasteiger partial charge on any atom is -0.302 e. The second-order valence-electron chi connectivity index (χ2n) is 9.41. The molecule has 154 valence electrons. The maximum Gasteiger partial charge on any atom is 0.226 e. The molecule has 3 nitrogen and oxygen atoms in total. The molecule has 2 aromatic rings. The number of thioether (sulfide) groups is 1. The number of carbonyl (C=O) groups is 1. The molecule has 29 heavy (non-hydrogen) atoms. The number of rotatable bonds is 7. The molecule has 0 saturated heterocycles. The van der Waals surface area contributed by atoms with Crippen molar-refractivity contribution in [2.75, 3.05) is 5.32 Å². The van der Waals surface area contributed by atoms with Gasteiger partial charge in [0.1, 0.15) is 5.82 Å². The van der Waals surface area contributed by atoms with Gasteiger partial charge in [0.05, 0.1) is 5.69 Å². The molecule has 1 aromatic heterocycles. The number of benzene rings is 1. The summed E-state index contributed by atoms with van der Waals surface area (Å²) >= 11 is 3.26. The van der Waals surface area contributed by atoms with Gasteiger partial charge in [-0.15, -0.1) is 11.3 Å². The Morgan fingerprint density at radius 2 is 1.76 bits per heavy atom. The fraction of sp³-hybridized carbons (Fsp3) is 0.565. The SMILES string of the molecule is O=C(CC12CC3CC(CC(C3)C1)C2)Nc1nc(CSCc2ccc(F)cc2)cs1. The van der Waals surface area contributed by atoms with Gasteiger partial charge in [-0.2, -0.15) is 11.8 Å². The van der Waals surface area contributed by atoms with Gasteiger partial charge in [-0.25, -0.2) is 9.37 Å². The summed E-state index contributed by atoms with van der Waals surface area (Å²) in [6, 6.07) is 6.63. The first kappa shape index (κ1) is 19.6. The van der Waals surface area contributed by atoms with Crippen molar-refractivity contribution >= 4 is 34.1 Å². The zero-order chi connectivity index (χ0) is 19.8. The summed E-state index contributed by atoms with van der Waals surface area (Å²) in [5.74, 6) is 4.18. The molecule has 6 heteroatoms. The van der Waals surface area contributed by atoms with E-state index in [0.29, 0.717) is 6.42 Å². The summed E-state index contributed by atoms with van der Waals surface area (Å²) < 4.78 is 13.0. The molecule has 0 atom stereocenters. The van der Waals surface area contributed by atoms with Crippen molar-refractivity contribution in [3.63, 3.8) is 0 Å². The smallest absolute Gasteiger partial charge is 0.226 e. The molecule has 4 bridgehead atoms. The summed E-state index contributed by atoms with van der Waals surface area (Å²) in [5, 5.41) is 5.81. The second-order valence-corrected chi connectivity index (χ2v) is 11.2. The number of aromatic nitrogens is 1. The Morgan fingerprint density at radius 3 is 2.41 bits per heavy atom. The van der Waals surface area contributed by atoms with E-state index in [1.54, 1.807) is 11.8 Å². The van der Waals surface area contributed by atoms with Crippen molar-refractivity contribution in [2.45, 2.75) is 56.5 Å². The van der Waals surface area contributed by atoms with Crippen molar-refractivity contribution in [1.82, 2.24) is 4.98 Å². The summed E-state index contributed by atoms with van der Waals surface area (Å²) in [4.78, 5) is 17.3. The van der Waals surface area contributed by atoms with Gasteiger partial charge in [0.2, 0.25) is 5.91 Å². The third-order valence-electron chi connectivity index (χ3n) is 6.93. The number of thiazole rings is 1. The number of amides is 1. The predicted octanol–water partition coefficient (Wildman–Crippen LogP) is 6.26. The Kier molecular flexibility index (Phi) is 5.41. The van der Waals surface area contributed by atoms with E-state index >= 15 is 0 Å². The Morgan fingerprint density at radius 1 is 1.10 bits per heavy atom. The maximum atomic E-state index is 13.0. The molecule has 1 N–H and O–H groups in total. The quantitative estimate of drug-likeness (QED) is 0.564. The van der Waals surface area contributed by atoms with Crippen LogP contribution in [0.5, 0.6) is 0 Å². The lowest BCUT2D eigenvalue weighted by Gasteiger charge is -2.56. The molecule has 0 aliphatic heterocycles. The second kappa shape index (κ2) is 8.03. The molecule has 0 spiro atoms. The molecule has 4 aliphatic rings. The molecular weight excluding hydrogens is 403 g/mol. The number of hydrogen-bond donors (Lipinski definition) is 1. The van der Waals surface area contributed by atoms with Gasteiger partial charge in [0.15, 0.2) is 5.13 Å². The van der Waals surface area contributed by atoms with Crippen LogP contribution in [0.3, 0.4) is 0 Å². The van der Waals surface area contributed by atoms with Crippen LogP contribution in [0.25, 0.3) is 0 Å². The highest BCUT2D eigenvalue weighted by Gasteiger charge is 2.51. The summed E-state index contributed by atoms with van der Waals surface area (Å²) in [6.45, 7) is 0. The summed E-state index contributed by atoms with van der Waals surface area (Å²) in [5.41, 5.74) is 2.37. The summed E-state index contributed by atoms with van der Waals surface area (Å²) in [7, 11) is 0. The zero-order valence-electron chi connectivity index (χ0n) is 16.5. The predicted molar refractivity (Wildman–Crippen MR) is 117 cm³/mol. The molecule has 4 aliphatic carbocycles. The standard InChI is InChI=1S/C23H27FN2OS2/c24-19-3-1-15(2-4-19)12-28-13-20-14-29-22(25-20)26-21(27)11-23-8-16-5-17(9-23)7-18(6-16)10-23/h1-4,14,16-18H,5-13H2,(H,25,26,27). The molecule has 1 amide bonds. The number of hydrogen-bond acceptors (Lipinski definition) is 4. The van der Waals surface area contributed by atoms with Gasteiger partial charge >= 0.3 is 0 Å². The van der Waals surface area contributed by atoms with E-state index in [2.05, 4.69) is 10.3 Å². The van der Waals surface area contributed by atoms with Crippen molar-refractivity contribution in [1.29, 1.82) is 0 Å². The highest BCUT2D eigenvalue weighted by atomic mass is 32.2. The van der Waals surface area contributed by atoms with Crippen molar-refractivity contribution < 1.29 is 9.18 Å². The largest absolute Gasteiger partial charge is 0.302 e. The van der Waals surface area contributed by atoms with E-state index in [0.717, 1.165) is 45.6 Å². The van der Waals surface area contributed by atoms with E-state index < -0.39 is 0 Å². The monoisotopic (exact) mass is 430 g/mol. The number of nitrogens with one attached hydrogen (secondary N) is 1. The lowest BCUT2D eigenvalue weighted by Crippen LogP contribution is -2.47. The first-order valence-corrected chi connectivity index (χ1v) is 12.7. The molecule has 1 aromatic carbocycles. The van der Waals surface area contributed by atoms with Crippen LogP contribution in [-0.2, 0) is 16.3 Å². The van der Waals surface area contributed by atoms with Crippen LogP contribution in [0.1, 0.15) is 56.2 Å². The van der Waals surface area contributed by atoms with Crippen LogP contribution >= 0.6 is 23.1 Å². The van der Waals surface area contributed by atoms with Crippen LogP contribution in [0.4, 0.5) is 9.52 Å². The number of anilines is 1. The average molecular weight is 431 g/mol. The van der Waals surface area contributed by atoms with Crippen molar-refractivity contribution in [2.24, 2.45) is 23.2 Å². The van der Waals surface area contributed by atoms with E-state index in [1.165, 1.54) is 62.0 Å². The molecule has 4 saturated carbocycles. The Hall–Kier alpha value is -1.40. The lowest BCUT2D eigenvalue weighted by atomic mass is 9.49. The Balaban J connectivity index is 1.11. The van der Waals surface area contributed by atoms with E-state index in [9.17, 15) is 9.18 Å². The fourth-order valence-electron chi connectivity index (χ4n) is 6.30. The highest BCUT2D eigenvalue weighted by molar-refractivity contribution is 7.97. The molecule has 1 heterocycles. The Labute approximate surface area is 179 Å². The van der Waals surface area contributed by atoms with Crippen molar-refractivity contribution in [3.05, 3.63) is 46.7 Å². The molecular formula is C23H27FN2OS2. The van der Waals surface area contributed by atoms with Gasteiger partial charge in [-0.3, -0.25) is 4.79 Å². The zero-order valence-corrected chi connectivity index (χ0v) is 18.2. The minimum absolute atomic E-state index is 0.145. The normalized spacial score (nSPS) is 29.9. The molecule has 6 rings (SSSR count). The third-order valence-corrected chi connectivity index (χ3v) is 8.77. The van der Waals surface area contributed by atoms with Crippen molar-refractivity contribution in [3.8, 4) is 0 Å². The lowest BCUT2D eigenvalue weighted by molar-refractivity contribution is -0.124. The van der Waals surface area contributed by atoms with Crippen LogP contribution in [0.15, 0.2) is 29.6 Å². The van der Waals surface area contributed by atoms with Gasteiger partial charge in [-0.05, 0) is 79.4 Å². The van der Waals surface area contributed by atoms with E-state index in [1.807, 2.05) is 17.5 Å². The Bertz CT molecular complexity index is 844. The number of halogens is 1. The van der Waals surface area contributed by atoms with Gasteiger partial charge < -0.3 is 5.32 Å². The first-order chi connectivity index (χ1) is 14.1. The van der Waals surface area contributed by atoms with Crippen LogP contribution < -0.4 is 5.32 Å². The number of carbonyl (C=O) groups excluding carboxylic acids is 1. The minimum atomic E-state index is -0.202. The first-order valence-electron chi connectivity index (χ1n) is 10.6. The van der Waals surface area contributed by atoms with Gasteiger partial charge in [0, 0.05) is 23.3 Å². The van der Waals surface area contributed by atoms with Crippen LogP contribution in [0.2, 0.25) is 0 Å². The highest BCUT2D eigenvalue weighted by Crippen LogP contribution is 2.61.